The number of aromatic amines is 1. The molecule has 0 atom stereocenters. The Labute approximate surface area is 210 Å². The zero-order valence-corrected chi connectivity index (χ0v) is 21.1. The fourth-order valence-corrected chi connectivity index (χ4v) is 5.33. The van der Waals surface area contributed by atoms with Crippen molar-refractivity contribution >= 4 is 27.1 Å². The maximum atomic E-state index is 12.6. The van der Waals surface area contributed by atoms with Gasteiger partial charge < -0.3 is 4.74 Å². The Bertz CT molecular complexity index is 1720. The maximum absolute atomic E-state index is 12.6. The number of nitrogens with zero attached hydrogens (tertiary/aromatic N) is 2. The lowest BCUT2D eigenvalue weighted by Gasteiger charge is -2.17. The van der Waals surface area contributed by atoms with Gasteiger partial charge in [0.1, 0.15) is 5.75 Å². The number of methoxy groups -OCH3 is 1. The van der Waals surface area contributed by atoms with Gasteiger partial charge in [0.15, 0.2) is 0 Å². The molecule has 0 saturated heterocycles. The average molecular weight is 523 g/mol. The number of sulfonamides is 1. The molecule has 0 aliphatic heterocycles. The lowest BCUT2D eigenvalue weighted by Crippen LogP contribution is -2.27. The Balaban J connectivity index is 1.68. The molecular weight excluding hydrogens is 500 g/mol. The first-order valence-electron chi connectivity index (χ1n) is 11.0. The SMILES string of the molecule is COc1c(-c2ccc3c(c2)CC/C3=N\NS(C)(=O)=O)cc(-n2ccc(=O)[nH]c2=O)cc1-c1cccs1. The summed E-state index contributed by atoms with van der Waals surface area (Å²) in [5.41, 5.74) is 4.65. The second kappa shape index (κ2) is 9.25. The fraction of sp³-hybridized carbons (Fsp3) is 0.160. The molecule has 2 N–H and O–H groups in total. The van der Waals surface area contributed by atoms with Gasteiger partial charge in [-0.1, -0.05) is 24.3 Å². The van der Waals surface area contributed by atoms with Gasteiger partial charge in [-0.15, -0.1) is 11.3 Å². The van der Waals surface area contributed by atoms with Crippen LogP contribution in [0.5, 0.6) is 5.75 Å². The Morgan fingerprint density at radius 1 is 1.06 bits per heavy atom. The second-order valence-corrected chi connectivity index (χ2v) is 11.0. The number of aryl methyl sites for hydroxylation is 1. The molecule has 0 amide bonds. The maximum Gasteiger partial charge on any atom is 0.332 e. The van der Waals surface area contributed by atoms with Crippen LogP contribution in [-0.2, 0) is 16.4 Å². The van der Waals surface area contributed by atoms with E-state index in [-0.39, 0.29) is 0 Å². The van der Waals surface area contributed by atoms with Crippen molar-refractivity contribution in [2.75, 3.05) is 13.4 Å². The van der Waals surface area contributed by atoms with Crippen molar-refractivity contribution in [2.24, 2.45) is 5.10 Å². The van der Waals surface area contributed by atoms with Crippen LogP contribution in [0.4, 0.5) is 0 Å². The molecule has 0 unspecified atom stereocenters. The summed E-state index contributed by atoms with van der Waals surface area (Å²) in [5, 5.41) is 6.05. The molecule has 2 aromatic carbocycles. The molecule has 5 rings (SSSR count). The first-order chi connectivity index (χ1) is 17.2. The molecule has 1 aliphatic rings. The first-order valence-corrected chi connectivity index (χ1v) is 13.8. The normalized spacial score (nSPS) is 14.1. The minimum Gasteiger partial charge on any atom is -0.495 e. The van der Waals surface area contributed by atoms with E-state index >= 15 is 0 Å². The summed E-state index contributed by atoms with van der Waals surface area (Å²) in [6.45, 7) is 0. The van der Waals surface area contributed by atoms with Crippen molar-refractivity contribution in [3.8, 4) is 33.0 Å². The third-order valence-electron chi connectivity index (χ3n) is 5.87. The Morgan fingerprint density at radius 3 is 2.56 bits per heavy atom. The Hall–Kier alpha value is -3.96. The molecule has 11 heteroatoms. The van der Waals surface area contributed by atoms with E-state index in [1.807, 2.05) is 47.8 Å². The molecule has 2 aromatic heterocycles. The zero-order chi connectivity index (χ0) is 25.4. The fourth-order valence-electron chi connectivity index (χ4n) is 4.31. The topological polar surface area (TPSA) is 123 Å². The summed E-state index contributed by atoms with van der Waals surface area (Å²) >= 11 is 1.55. The summed E-state index contributed by atoms with van der Waals surface area (Å²) in [5.74, 6) is 0.657. The third kappa shape index (κ3) is 4.62. The van der Waals surface area contributed by atoms with Gasteiger partial charge in [-0.3, -0.25) is 14.3 Å². The van der Waals surface area contributed by atoms with Crippen LogP contribution < -0.4 is 20.8 Å². The van der Waals surface area contributed by atoms with Gasteiger partial charge in [0.25, 0.3) is 5.56 Å². The second-order valence-electron chi connectivity index (χ2n) is 8.33. The van der Waals surface area contributed by atoms with Crippen LogP contribution in [0.25, 0.3) is 27.3 Å². The Kier molecular flexibility index (Phi) is 6.10. The zero-order valence-electron chi connectivity index (χ0n) is 19.4. The highest BCUT2D eigenvalue weighted by molar-refractivity contribution is 7.88. The molecule has 0 spiro atoms. The van der Waals surface area contributed by atoms with E-state index in [0.717, 1.165) is 39.0 Å². The van der Waals surface area contributed by atoms with Crippen LogP contribution in [0.1, 0.15) is 17.5 Å². The Morgan fingerprint density at radius 2 is 1.86 bits per heavy atom. The van der Waals surface area contributed by atoms with Gasteiger partial charge in [0.2, 0.25) is 10.0 Å². The van der Waals surface area contributed by atoms with E-state index in [1.165, 1.54) is 16.8 Å². The quantitative estimate of drug-likeness (QED) is 0.377. The number of benzene rings is 2. The monoisotopic (exact) mass is 522 g/mol. The highest BCUT2D eigenvalue weighted by atomic mass is 32.2. The van der Waals surface area contributed by atoms with Gasteiger partial charge in [0, 0.05) is 33.8 Å². The van der Waals surface area contributed by atoms with Crippen molar-refractivity contribution < 1.29 is 13.2 Å². The number of hydrogen-bond donors (Lipinski definition) is 2. The van der Waals surface area contributed by atoms with E-state index in [1.54, 1.807) is 18.4 Å². The third-order valence-corrected chi connectivity index (χ3v) is 7.20. The number of ether oxygens (including phenoxy) is 1. The highest BCUT2D eigenvalue weighted by Gasteiger charge is 2.22. The van der Waals surface area contributed by atoms with Gasteiger partial charge in [-0.25, -0.2) is 18.0 Å². The van der Waals surface area contributed by atoms with Crippen molar-refractivity contribution in [3.63, 3.8) is 0 Å². The van der Waals surface area contributed by atoms with E-state index < -0.39 is 21.3 Å². The molecule has 184 valence electrons. The first kappa shape index (κ1) is 23.8. The predicted molar refractivity (Wildman–Crippen MR) is 141 cm³/mol. The van der Waals surface area contributed by atoms with Crippen LogP contribution >= 0.6 is 11.3 Å². The van der Waals surface area contributed by atoms with Crippen LogP contribution in [0.15, 0.2) is 74.8 Å². The van der Waals surface area contributed by atoms with Gasteiger partial charge in [-0.05, 0) is 47.5 Å². The number of rotatable bonds is 6. The molecule has 4 aromatic rings. The van der Waals surface area contributed by atoms with E-state index in [0.29, 0.717) is 30.0 Å². The minimum atomic E-state index is -3.44. The predicted octanol–water partition coefficient (Wildman–Crippen LogP) is 3.13. The number of hydrogen-bond acceptors (Lipinski definition) is 7. The van der Waals surface area contributed by atoms with Gasteiger partial charge >= 0.3 is 5.69 Å². The average Bonchev–Trinajstić information content (AvgIpc) is 3.51. The van der Waals surface area contributed by atoms with Crippen LogP contribution in [0.3, 0.4) is 0 Å². The summed E-state index contributed by atoms with van der Waals surface area (Å²) in [4.78, 5) is 29.7. The molecule has 0 radical (unpaired) electrons. The smallest absolute Gasteiger partial charge is 0.332 e. The lowest BCUT2D eigenvalue weighted by molar-refractivity contribution is 0.418. The largest absolute Gasteiger partial charge is 0.495 e. The van der Waals surface area contributed by atoms with Crippen LogP contribution in [0, 0.1) is 0 Å². The number of hydrazone groups is 1. The van der Waals surface area contributed by atoms with E-state index in [2.05, 4.69) is 14.9 Å². The van der Waals surface area contributed by atoms with Gasteiger partial charge in [-0.2, -0.15) is 5.10 Å². The molecule has 9 nitrogen and oxygen atoms in total. The minimum absolute atomic E-state index is 0.468. The van der Waals surface area contributed by atoms with E-state index in [4.69, 9.17) is 4.74 Å². The summed E-state index contributed by atoms with van der Waals surface area (Å²) < 4.78 is 30.2. The molecule has 0 fully saturated rings. The number of nitrogens with one attached hydrogen (secondary N) is 2. The highest BCUT2D eigenvalue weighted by Crippen LogP contribution is 2.43. The number of aromatic nitrogens is 2. The van der Waals surface area contributed by atoms with Crippen molar-refractivity contribution in [3.05, 3.63) is 92.1 Å². The summed E-state index contributed by atoms with van der Waals surface area (Å²) in [6.07, 6.45) is 3.84. The standard InChI is InChI=1S/C25H22N4O5S2/c1-34-24-19(16-5-7-18-15(12-16)6-8-21(18)27-28-36(2,32)33)13-17(14-20(24)22-4-3-11-35-22)29-10-9-23(30)26-25(29)31/h3-5,7,9-14,28H,6,8H2,1-2H3,(H,26,30,31)/b27-21+. The van der Waals surface area contributed by atoms with Crippen molar-refractivity contribution in [1.82, 2.24) is 14.4 Å². The van der Waals surface area contributed by atoms with Crippen molar-refractivity contribution in [1.29, 1.82) is 0 Å². The molecule has 0 bridgehead atoms. The van der Waals surface area contributed by atoms with Crippen LogP contribution in [0.2, 0.25) is 0 Å². The molecule has 0 saturated carbocycles. The molecular formula is C25H22N4O5S2. The van der Waals surface area contributed by atoms with Crippen molar-refractivity contribution in [2.45, 2.75) is 12.8 Å². The number of H-pyrrole nitrogens is 1. The van der Waals surface area contributed by atoms with Gasteiger partial charge in [0.05, 0.1) is 24.8 Å². The summed E-state index contributed by atoms with van der Waals surface area (Å²) in [6, 6.07) is 14.8. The van der Waals surface area contributed by atoms with E-state index in [9.17, 15) is 18.0 Å². The molecule has 1 aliphatic carbocycles. The molecule has 36 heavy (non-hydrogen) atoms. The molecule has 2 heterocycles. The number of fused-ring (bicyclic) bond motifs is 1. The lowest BCUT2D eigenvalue weighted by atomic mass is 9.96. The summed E-state index contributed by atoms with van der Waals surface area (Å²) in [7, 11) is -1.83. The number of thiophene rings is 1. The van der Waals surface area contributed by atoms with Crippen LogP contribution in [-0.4, -0.2) is 37.0 Å².